The van der Waals surface area contributed by atoms with E-state index in [2.05, 4.69) is 10.6 Å². The number of carbonyl (C=O) groups excluding carboxylic acids is 3. The van der Waals surface area contributed by atoms with E-state index in [1.165, 1.54) is 4.90 Å². The van der Waals surface area contributed by atoms with Crippen LogP contribution in [0.3, 0.4) is 0 Å². The monoisotopic (exact) mass is 432 g/mol. The second-order valence-corrected chi connectivity index (χ2v) is 9.10. The van der Waals surface area contributed by atoms with Crippen molar-refractivity contribution < 1.29 is 27.9 Å². The molecule has 0 aromatic carbocycles. The van der Waals surface area contributed by atoms with Gasteiger partial charge in [0.15, 0.2) is 0 Å². The van der Waals surface area contributed by atoms with Crippen LogP contribution < -0.4 is 16.4 Å². The Kier molecular flexibility index (Phi) is 8.54. The van der Waals surface area contributed by atoms with Gasteiger partial charge in [-0.1, -0.05) is 20.8 Å². The van der Waals surface area contributed by atoms with Gasteiger partial charge in [-0.05, 0) is 31.1 Å². The van der Waals surface area contributed by atoms with E-state index < -0.39 is 48.2 Å². The van der Waals surface area contributed by atoms with Gasteiger partial charge in [0, 0.05) is 26.1 Å². The number of hydrogen-bond acceptors (Lipinski definition) is 5. The van der Waals surface area contributed by atoms with Crippen molar-refractivity contribution in [3.63, 3.8) is 0 Å². The third kappa shape index (κ3) is 6.60. The molecule has 0 aromatic rings. The van der Waals surface area contributed by atoms with Gasteiger partial charge >= 0.3 is 0 Å². The Morgan fingerprint density at radius 2 is 1.90 bits per heavy atom. The largest absolute Gasteiger partial charge is 0.376 e. The minimum Gasteiger partial charge on any atom is -0.376 e. The Morgan fingerprint density at radius 3 is 2.47 bits per heavy atom. The molecule has 0 saturated carbocycles. The van der Waals surface area contributed by atoms with Gasteiger partial charge in [0.05, 0.1) is 12.1 Å². The van der Waals surface area contributed by atoms with Gasteiger partial charge in [-0.25, -0.2) is 8.78 Å². The minimum atomic E-state index is -2.76. The van der Waals surface area contributed by atoms with Crippen LogP contribution in [0, 0.1) is 5.41 Å². The molecule has 2 aliphatic rings. The Balaban J connectivity index is 2.00. The highest BCUT2D eigenvalue weighted by molar-refractivity contribution is 5.93. The summed E-state index contributed by atoms with van der Waals surface area (Å²) in [5.41, 5.74) is 5.57. The molecule has 0 aliphatic carbocycles. The summed E-state index contributed by atoms with van der Waals surface area (Å²) in [7, 11) is 0. The van der Waals surface area contributed by atoms with E-state index >= 15 is 0 Å². The second kappa shape index (κ2) is 10.5. The first-order chi connectivity index (χ1) is 14.0. The number of nitrogens with zero attached hydrogens (tertiary/aromatic N) is 1. The van der Waals surface area contributed by atoms with Crippen LogP contribution in [-0.2, 0) is 19.1 Å². The number of likely N-dealkylation sites (tertiary alicyclic amines) is 1. The minimum absolute atomic E-state index is 0.140. The number of rotatable bonds is 8. The number of amides is 3. The second-order valence-electron chi connectivity index (χ2n) is 9.10. The average Bonchev–Trinajstić information content (AvgIpc) is 3.34. The van der Waals surface area contributed by atoms with Gasteiger partial charge in [-0.2, -0.15) is 0 Å². The topological polar surface area (TPSA) is 114 Å². The lowest BCUT2D eigenvalue weighted by molar-refractivity contribution is -0.142. The molecule has 4 atom stereocenters. The van der Waals surface area contributed by atoms with Crippen molar-refractivity contribution in [1.82, 2.24) is 15.5 Å². The lowest BCUT2D eigenvalue weighted by atomic mass is 9.86. The smallest absolute Gasteiger partial charge is 0.243 e. The van der Waals surface area contributed by atoms with Crippen molar-refractivity contribution >= 4 is 17.7 Å². The molecule has 0 aromatic heterocycles. The van der Waals surface area contributed by atoms with Crippen molar-refractivity contribution in [2.75, 3.05) is 19.7 Å². The van der Waals surface area contributed by atoms with Crippen LogP contribution in [0.1, 0.15) is 52.9 Å². The van der Waals surface area contributed by atoms with E-state index in [-0.39, 0.29) is 18.6 Å². The molecule has 0 radical (unpaired) electrons. The molecule has 2 fully saturated rings. The van der Waals surface area contributed by atoms with E-state index in [0.29, 0.717) is 26.0 Å². The number of nitrogens with two attached hydrogens (primary N) is 1. The van der Waals surface area contributed by atoms with E-state index in [1.807, 2.05) is 20.8 Å². The summed E-state index contributed by atoms with van der Waals surface area (Å²) in [5.74, 6) is -1.64. The van der Waals surface area contributed by atoms with E-state index in [4.69, 9.17) is 10.5 Å². The fraction of sp³-hybridized carbons (Fsp3) is 0.850. The first-order valence-corrected chi connectivity index (χ1v) is 10.5. The van der Waals surface area contributed by atoms with Crippen LogP contribution >= 0.6 is 0 Å². The lowest BCUT2D eigenvalue weighted by Gasteiger charge is -2.33. The van der Waals surface area contributed by atoms with Crippen molar-refractivity contribution in [1.29, 1.82) is 0 Å². The number of carbonyl (C=O) groups is 3. The summed E-state index contributed by atoms with van der Waals surface area (Å²) in [6.07, 6.45) is -1.03. The summed E-state index contributed by atoms with van der Waals surface area (Å²) >= 11 is 0. The molecule has 1 unspecified atom stereocenters. The van der Waals surface area contributed by atoms with E-state index in [1.54, 1.807) is 0 Å². The summed E-state index contributed by atoms with van der Waals surface area (Å²) < 4.78 is 31.4. The quantitative estimate of drug-likeness (QED) is 0.525. The fourth-order valence-corrected chi connectivity index (χ4v) is 3.67. The van der Waals surface area contributed by atoms with E-state index in [0.717, 1.165) is 12.8 Å². The van der Waals surface area contributed by atoms with Crippen LogP contribution in [0.25, 0.3) is 0 Å². The zero-order valence-corrected chi connectivity index (χ0v) is 18.0. The predicted octanol–water partition coefficient (Wildman–Crippen LogP) is 0.786. The molecule has 2 rings (SSSR count). The molecule has 8 nitrogen and oxygen atoms in total. The maximum atomic E-state index is 13.0. The normalized spacial score (nSPS) is 24.0. The third-order valence-corrected chi connectivity index (χ3v) is 5.61. The molecule has 172 valence electrons. The van der Waals surface area contributed by atoms with Crippen molar-refractivity contribution in [2.45, 2.75) is 83.5 Å². The van der Waals surface area contributed by atoms with Gasteiger partial charge < -0.3 is 26.0 Å². The number of hydrogen-bond donors (Lipinski definition) is 3. The zero-order valence-electron chi connectivity index (χ0n) is 18.0. The van der Waals surface area contributed by atoms with Gasteiger partial charge in [0.25, 0.3) is 0 Å². The highest BCUT2D eigenvalue weighted by Gasteiger charge is 2.40. The maximum Gasteiger partial charge on any atom is 0.243 e. The molecule has 0 spiro atoms. The molecular formula is C20H34F2N4O4. The first-order valence-electron chi connectivity index (χ1n) is 10.5. The van der Waals surface area contributed by atoms with Crippen molar-refractivity contribution in [3.8, 4) is 0 Å². The van der Waals surface area contributed by atoms with E-state index in [9.17, 15) is 23.2 Å². The Hall–Kier alpha value is -1.81. The average molecular weight is 433 g/mol. The summed E-state index contributed by atoms with van der Waals surface area (Å²) in [4.78, 5) is 39.4. The number of halogens is 2. The highest BCUT2D eigenvalue weighted by Crippen LogP contribution is 2.24. The van der Waals surface area contributed by atoms with Crippen LogP contribution in [0.15, 0.2) is 0 Å². The molecule has 30 heavy (non-hydrogen) atoms. The number of alkyl halides is 2. The molecule has 2 saturated heterocycles. The summed E-state index contributed by atoms with van der Waals surface area (Å²) in [5, 5.41) is 5.01. The fourth-order valence-electron chi connectivity index (χ4n) is 3.67. The van der Waals surface area contributed by atoms with Crippen molar-refractivity contribution in [2.24, 2.45) is 11.1 Å². The molecular weight excluding hydrogens is 398 g/mol. The first kappa shape index (κ1) is 24.5. The lowest BCUT2D eigenvalue weighted by Crippen LogP contribution is -2.57. The predicted molar refractivity (Wildman–Crippen MR) is 107 cm³/mol. The molecule has 2 heterocycles. The van der Waals surface area contributed by atoms with Crippen LogP contribution in [-0.4, -0.2) is 73.0 Å². The Bertz CT molecular complexity index is 620. The Labute approximate surface area is 176 Å². The summed E-state index contributed by atoms with van der Waals surface area (Å²) in [6, 6.07) is -3.00. The third-order valence-electron chi connectivity index (χ3n) is 5.61. The molecule has 2 aliphatic heterocycles. The van der Waals surface area contributed by atoms with Gasteiger partial charge in [0.2, 0.25) is 24.1 Å². The summed E-state index contributed by atoms with van der Waals surface area (Å²) in [6.45, 7) is 6.68. The van der Waals surface area contributed by atoms with Gasteiger partial charge in [-0.15, -0.1) is 0 Å². The van der Waals surface area contributed by atoms with Crippen molar-refractivity contribution in [3.05, 3.63) is 0 Å². The molecule has 0 bridgehead atoms. The van der Waals surface area contributed by atoms with Gasteiger partial charge in [0.1, 0.15) is 12.1 Å². The van der Waals surface area contributed by atoms with Crippen LogP contribution in [0.5, 0.6) is 0 Å². The standard InChI is InChI=1S/C20H34F2N4O4/c1-20(2,3)16(23)19(29)26-8-4-7-14(26)18(28)25-13(10-15(21)22)17(27)24-11-12-6-5-9-30-12/h12-16H,4-11,23H2,1-3H3,(H,24,27)(H,25,28)/t12?,13-,14-,16+/m0/s1. The van der Waals surface area contributed by atoms with Crippen LogP contribution in [0.2, 0.25) is 0 Å². The van der Waals surface area contributed by atoms with Crippen LogP contribution in [0.4, 0.5) is 8.78 Å². The number of nitrogens with one attached hydrogen (secondary N) is 2. The zero-order chi connectivity index (χ0) is 22.5. The molecule has 3 amide bonds. The highest BCUT2D eigenvalue weighted by atomic mass is 19.3. The molecule has 4 N–H and O–H groups in total. The number of ether oxygens (including phenoxy) is 1. The Morgan fingerprint density at radius 1 is 1.20 bits per heavy atom. The molecule has 10 heteroatoms. The SMILES string of the molecule is CC(C)(C)[C@H](N)C(=O)N1CCC[C@H]1C(=O)N[C@@H](CC(F)F)C(=O)NCC1CCCO1. The van der Waals surface area contributed by atoms with Gasteiger partial charge in [-0.3, -0.25) is 14.4 Å². The maximum absolute atomic E-state index is 13.0.